The first-order chi connectivity index (χ1) is 9.27. The SMILES string of the molecule is O=C(NCC1(O)CCC1)C1CCCN(CC(F)(F)F)C1. The number of hydrogen-bond donors (Lipinski definition) is 2. The summed E-state index contributed by atoms with van der Waals surface area (Å²) >= 11 is 0. The van der Waals surface area contributed by atoms with Crippen LogP contribution in [0.4, 0.5) is 13.2 Å². The zero-order chi connectivity index (χ0) is 14.8. The lowest BCUT2D eigenvalue weighted by atomic mass is 9.80. The fourth-order valence-corrected chi connectivity index (χ4v) is 2.82. The first-order valence-electron chi connectivity index (χ1n) is 7.07. The van der Waals surface area contributed by atoms with Gasteiger partial charge in [0.1, 0.15) is 0 Å². The highest BCUT2D eigenvalue weighted by atomic mass is 19.4. The van der Waals surface area contributed by atoms with Crippen molar-refractivity contribution in [2.75, 3.05) is 26.2 Å². The van der Waals surface area contributed by atoms with Crippen molar-refractivity contribution in [3.63, 3.8) is 0 Å². The summed E-state index contributed by atoms with van der Waals surface area (Å²) in [5.74, 6) is -0.646. The van der Waals surface area contributed by atoms with E-state index in [0.29, 0.717) is 32.2 Å². The maximum atomic E-state index is 12.4. The number of nitrogens with zero attached hydrogens (tertiary/aromatic N) is 1. The molecule has 1 saturated carbocycles. The molecule has 2 fully saturated rings. The van der Waals surface area contributed by atoms with Gasteiger partial charge in [-0.1, -0.05) is 0 Å². The topological polar surface area (TPSA) is 52.6 Å². The third kappa shape index (κ3) is 4.34. The Bertz CT molecular complexity index is 356. The van der Waals surface area contributed by atoms with E-state index in [0.717, 1.165) is 6.42 Å². The Hall–Kier alpha value is -0.820. The van der Waals surface area contributed by atoms with Crippen molar-refractivity contribution < 1.29 is 23.1 Å². The lowest BCUT2D eigenvalue weighted by Gasteiger charge is -2.37. The number of alkyl halides is 3. The van der Waals surface area contributed by atoms with Crippen molar-refractivity contribution in [2.45, 2.75) is 43.9 Å². The highest BCUT2D eigenvalue weighted by Gasteiger charge is 2.37. The molecular formula is C13H21F3N2O2. The maximum Gasteiger partial charge on any atom is 0.401 e. The van der Waals surface area contributed by atoms with Gasteiger partial charge in [-0.15, -0.1) is 0 Å². The summed E-state index contributed by atoms with van der Waals surface area (Å²) in [7, 11) is 0. The lowest BCUT2D eigenvalue weighted by Crippen LogP contribution is -2.51. The Morgan fingerprint density at radius 3 is 2.60 bits per heavy atom. The second-order valence-corrected chi connectivity index (χ2v) is 5.99. The summed E-state index contributed by atoms with van der Waals surface area (Å²) < 4.78 is 37.1. The highest BCUT2D eigenvalue weighted by Crippen LogP contribution is 2.30. The van der Waals surface area contributed by atoms with Crippen molar-refractivity contribution in [3.05, 3.63) is 0 Å². The molecular weight excluding hydrogens is 273 g/mol. The Morgan fingerprint density at radius 1 is 1.35 bits per heavy atom. The molecule has 1 heterocycles. The van der Waals surface area contributed by atoms with Gasteiger partial charge in [-0.25, -0.2) is 0 Å². The van der Waals surface area contributed by atoms with Gasteiger partial charge in [0.15, 0.2) is 0 Å². The van der Waals surface area contributed by atoms with E-state index in [-0.39, 0.29) is 19.0 Å². The van der Waals surface area contributed by atoms with Gasteiger partial charge in [-0.2, -0.15) is 13.2 Å². The van der Waals surface area contributed by atoms with Crippen LogP contribution in [0.1, 0.15) is 32.1 Å². The molecule has 4 nitrogen and oxygen atoms in total. The molecule has 2 N–H and O–H groups in total. The molecule has 2 rings (SSSR count). The van der Waals surface area contributed by atoms with Crippen LogP contribution in [0, 0.1) is 5.92 Å². The van der Waals surface area contributed by atoms with Crippen molar-refractivity contribution in [1.29, 1.82) is 0 Å². The summed E-state index contributed by atoms with van der Waals surface area (Å²) in [6.45, 7) is -0.223. The minimum Gasteiger partial charge on any atom is -0.388 e. The first kappa shape index (κ1) is 15.6. The minimum atomic E-state index is -4.22. The van der Waals surface area contributed by atoms with E-state index >= 15 is 0 Å². The van der Waals surface area contributed by atoms with Gasteiger partial charge in [0.05, 0.1) is 18.1 Å². The summed E-state index contributed by atoms with van der Waals surface area (Å²) in [6, 6.07) is 0. The van der Waals surface area contributed by atoms with Crippen molar-refractivity contribution in [3.8, 4) is 0 Å². The molecule has 0 aromatic heterocycles. The number of halogens is 3. The van der Waals surface area contributed by atoms with E-state index in [2.05, 4.69) is 5.32 Å². The third-order valence-electron chi connectivity index (χ3n) is 4.16. The van der Waals surface area contributed by atoms with Gasteiger partial charge in [0.25, 0.3) is 0 Å². The molecule has 0 spiro atoms. The number of amides is 1. The van der Waals surface area contributed by atoms with Crippen molar-refractivity contribution in [2.24, 2.45) is 5.92 Å². The van der Waals surface area contributed by atoms with Crippen LogP contribution >= 0.6 is 0 Å². The van der Waals surface area contributed by atoms with Gasteiger partial charge >= 0.3 is 6.18 Å². The molecule has 2 aliphatic rings. The monoisotopic (exact) mass is 294 g/mol. The number of carbonyl (C=O) groups excluding carboxylic acids is 1. The number of carbonyl (C=O) groups is 1. The Kier molecular flexibility index (Phi) is 4.59. The van der Waals surface area contributed by atoms with Crippen molar-refractivity contribution in [1.82, 2.24) is 10.2 Å². The number of hydrogen-bond acceptors (Lipinski definition) is 3. The van der Waals surface area contributed by atoms with Crippen LogP contribution in [0.15, 0.2) is 0 Å². The maximum absolute atomic E-state index is 12.4. The molecule has 1 atom stereocenters. The van der Waals surface area contributed by atoms with Crippen LogP contribution < -0.4 is 5.32 Å². The number of rotatable bonds is 4. The Labute approximate surface area is 116 Å². The van der Waals surface area contributed by atoms with Crippen molar-refractivity contribution >= 4 is 5.91 Å². The number of aliphatic hydroxyl groups is 1. The normalized spacial score (nSPS) is 26.9. The molecule has 1 saturated heterocycles. The van der Waals surface area contributed by atoms with E-state index in [1.807, 2.05) is 0 Å². The predicted molar refractivity (Wildman–Crippen MR) is 67.0 cm³/mol. The second-order valence-electron chi connectivity index (χ2n) is 5.99. The zero-order valence-electron chi connectivity index (χ0n) is 11.4. The van der Waals surface area contributed by atoms with Gasteiger partial charge in [-0.3, -0.25) is 9.69 Å². The predicted octanol–water partition coefficient (Wildman–Crippen LogP) is 1.29. The summed E-state index contributed by atoms with van der Waals surface area (Å²) in [6.07, 6.45) is -0.706. The molecule has 7 heteroatoms. The Balaban J connectivity index is 1.77. The van der Waals surface area contributed by atoms with Gasteiger partial charge in [-0.05, 0) is 38.6 Å². The van der Waals surface area contributed by atoms with E-state index in [9.17, 15) is 23.1 Å². The molecule has 1 aliphatic heterocycles. The van der Waals surface area contributed by atoms with E-state index < -0.39 is 24.2 Å². The summed E-state index contributed by atoms with van der Waals surface area (Å²) in [5, 5.41) is 12.6. The van der Waals surface area contributed by atoms with Crippen LogP contribution in [0.5, 0.6) is 0 Å². The molecule has 1 amide bonds. The number of likely N-dealkylation sites (tertiary alicyclic amines) is 1. The molecule has 116 valence electrons. The van der Waals surface area contributed by atoms with Crippen LogP contribution in [-0.4, -0.2) is 53.9 Å². The minimum absolute atomic E-state index is 0.143. The van der Waals surface area contributed by atoms with E-state index in [4.69, 9.17) is 0 Å². The van der Waals surface area contributed by atoms with Crippen LogP contribution in [0.2, 0.25) is 0 Å². The average molecular weight is 294 g/mol. The molecule has 0 aromatic carbocycles. The van der Waals surface area contributed by atoms with E-state index in [1.165, 1.54) is 4.90 Å². The Morgan fingerprint density at radius 2 is 2.05 bits per heavy atom. The standard InChI is InChI=1S/C13H21F3N2O2/c14-13(15,16)9-18-6-1-3-10(7-18)11(19)17-8-12(20)4-2-5-12/h10,20H,1-9H2,(H,17,19). The zero-order valence-corrected chi connectivity index (χ0v) is 11.4. The summed E-state index contributed by atoms with van der Waals surface area (Å²) in [4.78, 5) is 13.2. The summed E-state index contributed by atoms with van der Waals surface area (Å²) in [5.41, 5.74) is -0.796. The highest BCUT2D eigenvalue weighted by molar-refractivity contribution is 5.79. The average Bonchev–Trinajstić information content (AvgIpc) is 2.32. The van der Waals surface area contributed by atoms with Crippen LogP contribution in [0.3, 0.4) is 0 Å². The third-order valence-corrected chi connectivity index (χ3v) is 4.16. The van der Waals surface area contributed by atoms with Crippen LogP contribution in [-0.2, 0) is 4.79 Å². The molecule has 20 heavy (non-hydrogen) atoms. The van der Waals surface area contributed by atoms with Crippen LogP contribution in [0.25, 0.3) is 0 Å². The molecule has 0 radical (unpaired) electrons. The molecule has 1 aliphatic carbocycles. The molecule has 1 unspecified atom stereocenters. The second kappa shape index (κ2) is 5.89. The van der Waals surface area contributed by atoms with Gasteiger partial charge in [0, 0.05) is 13.1 Å². The molecule has 0 aromatic rings. The smallest absolute Gasteiger partial charge is 0.388 e. The lowest BCUT2D eigenvalue weighted by molar-refractivity contribution is -0.152. The largest absolute Gasteiger partial charge is 0.401 e. The number of nitrogens with one attached hydrogen (secondary N) is 1. The first-order valence-corrected chi connectivity index (χ1v) is 7.07. The van der Waals surface area contributed by atoms with Gasteiger partial charge in [0.2, 0.25) is 5.91 Å². The molecule has 0 bridgehead atoms. The quantitative estimate of drug-likeness (QED) is 0.821. The van der Waals surface area contributed by atoms with E-state index in [1.54, 1.807) is 0 Å². The fraction of sp³-hybridized carbons (Fsp3) is 0.923. The number of piperidine rings is 1. The fourth-order valence-electron chi connectivity index (χ4n) is 2.82. The van der Waals surface area contributed by atoms with Gasteiger partial charge < -0.3 is 10.4 Å².